The molecule has 5 aromatic rings. The Morgan fingerprint density at radius 3 is 2.44 bits per heavy atom. The minimum absolute atomic E-state index is 0.215. The molecule has 0 fully saturated rings. The van der Waals surface area contributed by atoms with Gasteiger partial charge in [0, 0.05) is 23.4 Å². The van der Waals surface area contributed by atoms with Gasteiger partial charge in [0.05, 0.1) is 26.9 Å². The smallest absolute Gasteiger partial charge is 0.228 e. The minimum Gasteiger partial charge on any atom is -0.497 e. The molecular weight excluding hydrogens is 490 g/mol. The zero-order valence-corrected chi connectivity index (χ0v) is 22.1. The van der Waals surface area contributed by atoms with Gasteiger partial charge in [0.25, 0.3) is 0 Å². The summed E-state index contributed by atoms with van der Waals surface area (Å²) in [5.74, 6) is 3.20. The van der Waals surface area contributed by atoms with Crippen LogP contribution >= 0.6 is 0 Å². The number of nitrogens with zero attached hydrogens (tertiary/aromatic N) is 2. The molecular formula is C32H29N3O4. The highest BCUT2D eigenvalue weighted by Crippen LogP contribution is 2.48. The van der Waals surface area contributed by atoms with Gasteiger partial charge in [-0.2, -0.15) is 0 Å². The van der Waals surface area contributed by atoms with Crippen LogP contribution in [0.3, 0.4) is 0 Å². The van der Waals surface area contributed by atoms with Crippen molar-refractivity contribution in [2.45, 2.75) is 18.9 Å². The summed E-state index contributed by atoms with van der Waals surface area (Å²) in [5.41, 5.74) is 4.26. The summed E-state index contributed by atoms with van der Waals surface area (Å²) in [7, 11) is 4.92. The molecule has 1 aliphatic heterocycles. The summed E-state index contributed by atoms with van der Waals surface area (Å²) >= 11 is 0. The van der Waals surface area contributed by atoms with E-state index >= 15 is 0 Å². The first-order valence-corrected chi connectivity index (χ1v) is 12.8. The molecule has 7 nitrogen and oxygen atoms in total. The molecule has 0 saturated carbocycles. The topological polar surface area (TPSA) is 78.6 Å². The lowest BCUT2D eigenvalue weighted by molar-refractivity contribution is 0.354. The molecule has 1 atom stereocenters. The second-order valence-electron chi connectivity index (χ2n) is 9.46. The Bertz CT molecular complexity index is 1730. The predicted molar refractivity (Wildman–Crippen MR) is 149 cm³/mol. The number of benzene rings is 4. The summed E-state index contributed by atoms with van der Waals surface area (Å²) in [6.07, 6.45) is 2.40. The molecule has 39 heavy (non-hydrogen) atoms. The molecule has 0 spiro atoms. The van der Waals surface area contributed by atoms with E-state index in [-0.39, 0.29) is 5.92 Å². The average molecular weight is 520 g/mol. The Morgan fingerprint density at radius 1 is 0.872 bits per heavy atom. The minimum atomic E-state index is -0.215. The van der Waals surface area contributed by atoms with Crippen molar-refractivity contribution in [3.8, 4) is 28.9 Å². The van der Waals surface area contributed by atoms with Gasteiger partial charge in [-0.05, 0) is 47.2 Å². The van der Waals surface area contributed by atoms with E-state index < -0.39 is 0 Å². The van der Waals surface area contributed by atoms with Crippen molar-refractivity contribution in [1.29, 1.82) is 5.41 Å². The van der Waals surface area contributed by atoms with Gasteiger partial charge in [-0.15, -0.1) is 0 Å². The molecule has 1 aromatic heterocycles. The standard InChI is InChI=1S/C32H29N3O4/c1-36-23-12-9-22(10-13-23)28-25-14-11-21-6-4-5-7-24(21)30(25)39-32-29(28)31(33)35(19-34-32)17-16-20-8-15-26(37-2)27(18-20)38-3/h4-15,18-19,28,33H,16-17H2,1-3H3/t28-/m1/s1. The van der Waals surface area contributed by atoms with Crippen LogP contribution in [0.5, 0.6) is 28.9 Å². The SMILES string of the molecule is COc1ccc([C@@H]2c3ccc4ccccc4c3Oc3ncn(CCc4ccc(OC)c(OC)c4)c(=N)c32)cc1. The maximum absolute atomic E-state index is 9.27. The number of hydrogen-bond donors (Lipinski definition) is 1. The first kappa shape index (κ1) is 24.6. The highest BCUT2D eigenvalue weighted by Gasteiger charge is 2.33. The van der Waals surface area contributed by atoms with Gasteiger partial charge in [-0.3, -0.25) is 5.41 Å². The van der Waals surface area contributed by atoms with Gasteiger partial charge in [-0.25, -0.2) is 4.98 Å². The van der Waals surface area contributed by atoms with Crippen LogP contribution in [-0.2, 0) is 13.0 Å². The van der Waals surface area contributed by atoms with Crippen molar-refractivity contribution < 1.29 is 18.9 Å². The highest BCUT2D eigenvalue weighted by atomic mass is 16.5. The second-order valence-corrected chi connectivity index (χ2v) is 9.46. The molecule has 4 aromatic carbocycles. The summed E-state index contributed by atoms with van der Waals surface area (Å²) < 4.78 is 24.6. The summed E-state index contributed by atoms with van der Waals surface area (Å²) in [6, 6.07) is 26.3. The number of aromatic nitrogens is 2. The van der Waals surface area contributed by atoms with Gasteiger partial charge in [0.1, 0.15) is 23.3 Å². The average Bonchev–Trinajstić information content (AvgIpc) is 2.99. The van der Waals surface area contributed by atoms with Gasteiger partial charge >= 0.3 is 0 Å². The number of nitrogens with one attached hydrogen (secondary N) is 1. The summed E-state index contributed by atoms with van der Waals surface area (Å²) in [6.45, 7) is 0.578. The zero-order valence-electron chi connectivity index (χ0n) is 22.1. The third kappa shape index (κ3) is 4.36. The van der Waals surface area contributed by atoms with Crippen LogP contribution in [0, 0.1) is 5.41 Å². The third-order valence-electron chi connectivity index (χ3n) is 7.33. The molecule has 0 amide bonds. The van der Waals surface area contributed by atoms with Crippen LogP contribution in [-0.4, -0.2) is 30.9 Å². The Hall–Kier alpha value is -4.78. The van der Waals surface area contributed by atoms with Crippen LogP contribution in [0.2, 0.25) is 0 Å². The molecule has 6 rings (SSSR count). The molecule has 7 heteroatoms. The first-order valence-electron chi connectivity index (χ1n) is 12.8. The fourth-order valence-electron chi connectivity index (χ4n) is 5.30. The lowest BCUT2D eigenvalue weighted by Crippen LogP contribution is -2.30. The summed E-state index contributed by atoms with van der Waals surface area (Å²) in [5, 5.41) is 11.4. The van der Waals surface area contributed by atoms with Gasteiger partial charge < -0.3 is 23.5 Å². The van der Waals surface area contributed by atoms with Crippen molar-refractivity contribution in [2.24, 2.45) is 0 Å². The molecule has 1 N–H and O–H groups in total. The largest absolute Gasteiger partial charge is 0.497 e. The first-order chi connectivity index (χ1) is 19.1. The molecule has 0 bridgehead atoms. The van der Waals surface area contributed by atoms with E-state index in [2.05, 4.69) is 36.4 Å². The van der Waals surface area contributed by atoms with E-state index in [1.807, 2.05) is 47.0 Å². The van der Waals surface area contributed by atoms with E-state index in [0.717, 1.165) is 44.5 Å². The van der Waals surface area contributed by atoms with E-state index in [0.29, 0.717) is 35.8 Å². The molecule has 0 saturated heterocycles. The maximum Gasteiger partial charge on any atom is 0.228 e. The Kier molecular flexibility index (Phi) is 6.40. The van der Waals surface area contributed by atoms with E-state index in [9.17, 15) is 5.41 Å². The van der Waals surface area contributed by atoms with E-state index in [1.54, 1.807) is 27.7 Å². The van der Waals surface area contributed by atoms with Crippen LogP contribution in [0.25, 0.3) is 10.8 Å². The fourth-order valence-corrected chi connectivity index (χ4v) is 5.30. The monoisotopic (exact) mass is 519 g/mol. The highest BCUT2D eigenvalue weighted by molar-refractivity contribution is 5.91. The van der Waals surface area contributed by atoms with Crippen LogP contribution in [0.4, 0.5) is 0 Å². The second kappa shape index (κ2) is 10.2. The van der Waals surface area contributed by atoms with Crippen molar-refractivity contribution in [2.75, 3.05) is 21.3 Å². The van der Waals surface area contributed by atoms with Crippen molar-refractivity contribution in [1.82, 2.24) is 9.55 Å². The maximum atomic E-state index is 9.27. The Labute approximate surface area is 226 Å². The van der Waals surface area contributed by atoms with Crippen LogP contribution < -0.4 is 24.4 Å². The number of methoxy groups -OCH3 is 3. The van der Waals surface area contributed by atoms with E-state index in [4.69, 9.17) is 23.9 Å². The van der Waals surface area contributed by atoms with Crippen LogP contribution in [0.15, 0.2) is 85.2 Å². The number of aryl methyl sites for hydroxylation is 2. The number of hydrogen-bond acceptors (Lipinski definition) is 6. The van der Waals surface area contributed by atoms with Crippen molar-refractivity contribution in [3.05, 3.63) is 113 Å². The van der Waals surface area contributed by atoms with Gasteiger partial charge in [-0.1, -0.05) is 54.6 Å². The molecule has 196 valence electrons. The zero-order chi connectivity index (χ0) is 26.9. The molecule has 0 unspecified atom stereocenters. The molecule has 1 aliphatic rings. The fraction of sp³-hybridized carbons (Fsp3) is 0.188. The lowest BCUT2D eigenvalue weighted by atomic mass is 9.83. The number of rotatable bonds is 7. The third-order valence-corrected chi connectivity index (χ3v) is 7.33. The van der Waals surface area contributed by atoms with Crippen molar-refractivity contribution in [3.63, 3.8) is 0 Å². The summed E-state index contributed by atoms with van der Waals surface area (Å²) in [4.78, 5) is 4.72. The Morgan fingerprint density at radius 2 is 1.67 bits per heavy atom. The molecule has 0 radical (unpaired) electrons. The Balaban J connectivity index is 1.43. The number of ether oxygens (including phenoxy) is 4. The quantitative estimate of drug-likeness (QED) is 0.277. The molecule has 2 heterocycles. The van der Waals surface area contributed by atoms with E-state index in [1.165, 1.54) is 0 Å². The molecule has 0 aliphatic carbocycles. The van der Waals surface area contributed by atoms with Crippen LogP contribution in [0.1, 0.15) is 28.2 Å². The predicted octanol–water partition coefficient (Wildman–Crippen LogP) is 6.07. The van der Waals surface area contributed by atoms with Gasteiger partial charge in [0.15, 0.2) is 11.5 Å². The van der Waals surface area contributed by atoms with Crippen molar-refractivity contribution >= 4 is 10.8 Å². The normalized spacial score (nSPS) is 13.8. The number of fused-ring (bicyclic) bond motifs is 4. The van der Waals surface area contributed by atoms with Gasteiger partial charge in [0.2, 0.25) is 5.88 Å². The lowest BCUT2D eigenvalue weighted by Gasteiger charge is -2.29.